The van der Waals surface area contributed by atoms with Crippen LogP contribution in [0.15, 0.2) is 49.0 Å². The highest BCUT2D eigenvalue weighted by atomic mass is 19.1. The minimum absolute atomic E-state index is 0.0548. The van der Waals surface area contributed by atoms with Crippen LogP contribution in [0, 0.1) is 12.7 Å². The van der Waals surface area contributed by atoms with Crippen LogP contribution in [0.3, 0.4) is 0 Å². The number of hydrogen-bond donors (Lipinski definition) is 1. The van der Waals surface area contributed by atoms with Gasteiger partial charge < -0.3 is 9.88 Å². The monoisotopic (exact) mass is 348 g/mol. The molecule has 1 aliphatic heterocycles. The number of aromatic nitrogens is 1. The fourth-order valence-electron chi connectivity index (χ4n) is 4.44. The predicted octanol–water partition coefficient (Wildman–Crippen LogP) is 5.42. The highest BCUT2D eigenvalue weighted by Gasteiger charge is 2.37. The molecule has 2 heterocycles. The number of nitrogens with zero attached hydrogens (tertiary/aromatic N) is 1. The van der Waals surface area contributed by atoms with Crippen LogP contribution in [0.1, 0.15) is 35.7 Å². The van der Waals surface area contributed by atoms with Crippen LogP contribution in [0.25, 0.3) is 16.5 Å². The summed E-state index contributed by atoms with van der Waals surface area (Å²) in [5, 5.41) is 1.32. The van der Waals surface area contributed by atoms with E-state index in [2.05, 4.69) is 55.6 Å². The first-order chi connectivity index (χ1) is 12.4. The summed E-state index contributed by atoms with van der Waals surface area (Å²) in [5.41, 5.74) is 7.20. The standard InChI is InChI=1S/C23H25FN2/c1-15-5-10-21-19(11-15)20-13-26(4)14-23(3,22(20)25-21)12-16(2)17-6-8-18(24)9-7-17/h5-11,25H,2,12-14H2,1,3-4H3/t23-/m0/s1. The third kappa shape index (κ3) is 2.86. The van der Waals surface area contributed by atoms with Crippen molar-refractivity contribution in [3.05, 3.63) is 77.2 Å². The third-order valence-electron chi connectivity index (χ3n) is 5.57. The number of fused-ring (bicyclic) bond motifs is 3. The highest BCUT2D eigenvalue weighted by Crippen LogP contribution is 2.42. The van der Waals surface area contributed by atoms with E-state index in [-0.39, 0.29) is 11.2 Å². The van der Waals surface area contributed by atoms with E-state index < -0.39 is 0 Å². The molecule has 2 nitrogen and oxygen atoms in total. The minimum Gasteiger partial charge on any atom is -0.358 e. The van der Waals surface area contributed by atoms with Crippen molar-refractivity contribution in [2.45, 2.75) is 32.2 Å². The maximum Gasteiger partial charge on any atom is 0.123 e. The number of H-pyrrole nitrogens is 1. The molecule has 0 spiro atoms. The molecule has 0 amide bonds. The lowest BCUT2D eigenvalue weighted by atomic mass is 9.75. The van der Waals surface area contributed by atoms with Crippen molar-refractivity contribution in [2.75, 3.05) is 13.6 Å². The van der Waals surface area contributed by atoms with Crippen molar-refractivity contribution in [3.63, 3.8) is 0 Å². The molecule has 1 atom stereocenters. The summed E-state index contributed by atoms with van der Waals surface area (Å²) >= 11 is 0. The minimum atomic E-state index is -0.210. The molecule has 0 unspecified atom stereocenters. The molecule has 3 aromatic rings. The van der Waals surface area contributed by atoms with E-state index in [1.165, 1.54) is 39.9 Å². The van der Waals surface area contributed by atoms with Crippen LogP contribution in [-0.4, -0.2) is 23.5 Å². The number of likely N-dealkylation sites (N-methyl/N-ethyl adjacent to an activating group) is 1. The molecule has 134 valence electrons. The Morgan fingerprint density at radius 1 is 1.23 bits per heavy atom. The van der Waals surface area contributed by atoms with Crippen molar-refractivity contribution in [1.29, 1.82) is 0 Å². The van der Waals surface area contributed by atoms with Gasteiger partial charge in [-0.2, -0.15) is 0 Å². The van der Waals surface area contributed by atoms with E-state index in [0.717, 1.165) is 30.6 Å². The molecule has 2 aromatic carbocycles. The SMILES string of the molecule is C=C(C[C@@]1(C)CN(C)Cc2c1[nH]c1ccc(C)cc21)c1ccc(F)cc1. The number of halogens is 1. The third-order valence-corrected chi connectivity index (χ3v) is 5.57. The molecule has 0 saturated carbocycles. The maximum absolute atomic E-state index is 13.2. The van der Waals surface area contributed by atoms with Gasteiger partial charge in [0.2, 0.25) is 0 Å². The summed E-state index contributed by atoms with van der Waals surface area (Å²) in [6, 6.07) is 13.3. The molecule has 26 heavy (non-hydrogen) atoms. The lowest BCUT2D eigenvalue weighted by Crippen LogP contribution is -2.42. The number of aromatic amines is 1. The summed E-state index contributed by atoms with van der Waals surface area (Å²) in [6.45, 7) is 10.7. The summed E-state index contributed by atoms with van der Waals surface area (Å²) in [7, 11) is 2.18. The Kier molecular flexibility index (Phi) is 4.00. The van der Waals surface area contributed by atoms with Gasteiger partial charge in [0.05, 0.1) is 0 Å². The van der Waals surface area contributed by atoms with Crippen LogP contribution < -0.4 is 0 Å². The Morgan fingerprint density at radius 2 is 1.96 bits per heavy atom. The molecule has 0 radical (unpaired) electrons. The molecule has 3 heteroatoms. The first-order valence-corrected chi connectivity index (χ1v) is 9.10. The van der Waals surface area contributed by atoms with Crippen molar-refractivity contribution in [2.24, 2.45) is 0 Å². The number of hydrogen-bond acceptors (Lipinski definition) is 1. The Bertz CT molecular complexity index is 983. The van der Waals surface area contributed by atoms with Gasteiger partial charge in [0.1, 0.15) is 5.82 Å². The van der Waals surface area contributed by atoms with E-state index in [1.54, 1.807) is 0 Å². The van der Waals surface area contributed by atoms with Gasteiger partial charge in [-0.15, -0.1) is 0 Å². The van der Waals surface area contributed by atoms with Crippen LogP contribution >= 0.6 is 0 Å². The molecule has 1 N–H and O–H groups in total. The van der Waals surface area contributed by atoms with Gasteiger partial charge >= 0.3 is 0 Å². The average Bonchev–Trinajstić information content (AvgIpc) is 2.94. The first kappa shape index (κ1) is 17.0. The molecule has 0 fully saturated rings. The van der Waals surface area contributed by atoms with Crippen LogP contribution in [0.5, 0.6) is 0 Å². The topological polar surface area (TPSA) is 19.0 Å². The summed E-state index contributed by atoms with van der Waals surface area (Å²) in [6.07, 6.45) is 0.835. The Balaban J connectivity index is 1.75. The van der Waals surface area contributed by atoms with Crippen molar-refractivity contribution in [3.8, 4) is 0 Å². The van der Waals surface area contributed by atoms with Crippen LogP contribution in [-0.2, 0) is 12.0 Å². The van der Waals surface area contributed by atoms with Crippen molar-refractivity contribution >= 4 is 16.5 Å². The number of benzene rings is 2. The Morgan fingerprint density at radius 3 is 2.69 bits per heavy atom. The van der Waals surface area contributed by atoms with Crippen molar-refractivity contribution < 1.29 is 4.39 Å². The second-order valence-electron chi connectivity index (χ2n) is 8.05. The van der Waals surface area contributed by atoms with E-state index in [9.17, 15) is 4.39 Å². The molecular formula is C23H25FN2. The number of rotatable bonds is 3. The zero-order chi connectivity index (χ0) is 18.5. The van der Waals surface area contributed by atoms with Crippen LogP contribution in [0.2, 0.25) is 0 Å². The second kappa shape index (κ2) is 6.10. The molecule has 0 aliphatic carbocycles. The number of aryl methyl sites for hydroxylation is 1. The van der Waals surface area contributed by atoms with Gasteiger partial charge in [0.25, 0.3) is 0 Å². The van der Waals surface area contributed by atoms with Gasteiger partial charge in [0.15, 0.2) is 0 Å². The number of allylic oxidation sites excluding steroid dienone is 1. The van der Waals surface area contributed by atoms with Gasteiger partial charge in [-0.1, -0.05) is 37.3 Å². The Labute approximate surface area is 154 Å². The van der Waals surface area contributed by atoms with E-state index in [0.29, 0.717) is 0 Å². The zero-order valence-corrected chi connectivity index (χ0v) is 15.7. The lowest BCUT2D eigenvalue weighted by molar-refractivity contribution is 0.223. The van der Waals surface area contributed by atoms with Crippen LogP contribution in [0.4, 0.5) is 4.39 Å². The lowest BCUT2D eigenvalue weighted by Gasteiger charge is -2.39. The van der Waals surface area contributed by atoms with Gasteiger partial charge in [-0.3, -0.25) is 0 Å². The molecule has 1 aliphatic rings. The van der Waals surface area contributed by atoms with Gasteiger partial charge in [-0.25, -0.2) is 4.39 Å². The average molecular weight is 348 g/mol. The largest absolute Gasteiger partial charge is 0.358 e. The summed E-state index contributed by atoms with van der Waals surface area (Å²) < 4.78 is 13.2. The normalized spacial score (nSPS) is 20.3. The first-order valence-electron chi connectivity index (χ1n) is 9.10. The highest BCUT2D eigenvalue weighted by molar-refractivity contribution is 5.86. The molecule has 0 saturated heterocycles. The van der Waals surface area contributed by atoms with Gasteiger partial charge in [0, 0.05) is 35.1 Å². The van der Waals surface area contributed by atoms with Gasteiger partial charge in [-0.05, 0) is 61.4 Å². The fraction of sp³-hybridized carbons (Fsp3) is 0.304. The van der Waals surface area contributed by atoms with Crippen molar-refractivity contribution in [1.82, 2.24) is 9.88 Å². The van der Waals surface area contributed by atoms with E-state index in [4.69, 9.17) is 0 Å². The van der Waals surface area contributed by atoms with E-state index >= 15 is 0 Å². The Hall–Kier alpha value is -2.39. The second-order valence-corrected chi connectivity index (χ2v) is 8.05. The predicted molar refractivity (Wildman–Crippen MR) is 107 cm³/mol. The number of nitrogens with one attached hydrogen (secondary N) is 1. The zero-order valence-electron chi connectivity index (χ0n) is 15.7. The summed E-state index contributed by atoms with van der Waals surface area (Å²) in [4.78, 5) is 6.08. The fourth-order valence-corrected chi connectivity index (χ4v) is 4.44. The molecular weight excluding hydrogens is 323 g/mol. The molecule has 0 bridgehead atoms. The maximum atomic E-state index is 13.2. The summed E-state index contributed by atoms with van der Waals surface area (Å²) in [5.74, 6) is -0.210. The quantitative estimate of drug-likeness (QED) is 0.669. The molecule has 1 aromatic heterocycles. The smallest absolute Gasteiger partial charge is 0.123 e. The molecule has 4 rings (SSSR count). The van der Waals surface area contributed by atoms with E-state index in [1.807, 2.05) is 12.1 Å².